The molecule has 0 aliphatic carbocycles. The van der Waals surface area contributed by atoms with Gasteiger partial charge in [-0.1, -0.05) is 51.6 Å². The number of hydrogen-bond acceptors (Lipinski definition) is 3. The molecule has 0 bridgehead atoms. The summed E-state index contributed by atoms with van der Waals surface area (Å²) in [4.78, 5) is 11.8. The molecule has 1 atom stereocenters. The Balaban J connectivity index is 3.68. The zero-order valence-electron chi connectivity index (χ0n) is 12.5. The van der Waals surface area contributed by atoms with Gasteiger partial charge in [0.15, 0.2) is 5.84 Å². The monoisotopic (exact) mass is 271 g/mol. The Kier molecular flexibility index (Phi) is 9.94. The number of amides is 1. The zero-order chi connectivity index (χ0) is 14.7. The van der Waals surface area contributed by atoms with E-state index in [0.717, 1.165) is 18.8 Å². The van der Waals surface area contributed by atoms with Gasteiger partial charge in [-0.3, -0.25) is 4.79 Å². The van der Waals surface area contributed by atoms with Crippen molar-refractivity contribution in [2.75, 3.05) is 6.54 Å². The molecular weight excluding hydrogens is 242 g/mol. The first-order valence-electron chi connectivity index (χ1n) is 7.28. The van der Waals surface area contributed by atoms with Crippen molar-refractivity contribution in [3.05, 3.63) is 0 Å². The van der Waals surface area contributed by atoms with Crippen LogP contribution in [0.4, 0.5) is 0 Å². The van der Waals surface area contributed by atoms with Crippen molar-refractivity contribution in [1.29, 1.82) is 0 Å². The summed E-state index contributed by atoms with van der Waals surface area (Å²) >= 11 is 0. The Morgan fingerprint density at radius 1 is 1.26 bits per heavy atom. The van der Waals surface area contributed by atoms with E-state index in [-0.39, 0.29) is 11.7 Å². The number of nitrogens with zero attached hydrogens (tertiary/aromatic N) is 1. The summed E-state index contributed by atoms with van der Waals surface area (Å²) in [5.41, 5.74) is 5.47. The van der Waals surface area contributed by atoms with Crippen LogP contribution in [0.25, 0.3) is 0 Å². The number of hydrogen-bond donors (Lipinski definition) is 3. The van der Waals surface area contributed by atoms with Crippen LogP contribution in [0.3, 0.4) is 0 Å². The molecule has 0 saturated heterocycles. The third-order valence-corrected chi connectivity index (χ3v) is 3.20. The van der Waals surface area contributed by atoms with Crippen LogP contribution in [0, 0.1) is 11.8 Å². The summed E-state index contributed by atoms with van der Waals surface area (Å²) in [5.74, 6) is 0.0774. The predicted octanol–water partition coefficient (Wildman–Crippen LogP) is 2.48. The highest BCUT2D eigenvalue weighted by atomic mass is 16.4. The average Bonchev–Trinajstić information content (AvgIpc) is 2.37. The fourth-order valence-electron chi connectivity index (χ4n) is 1.96. The van der Waals surface area contributed by atoms with Crippen molar-refractivity contribution in [1.82, 2.24) is 5.32 Å². The fourth-order valence-corrected chi connectivity index (χ4v) is 1.96. The SMILES string of the molecule is CCC(C(=O)NCCCCCCC(C)C)C(N)=NO. The van der Waals surface area contributed by atoms with Gasteiger partial charge in [0.2, 0.25) is 5.91 Å². The van der Waals surface area contributed by atoms with Crippen molar-refractivity contribution in [2.24, 2.45) is 22.7 Å². The number of nitrogens with two attached hydrogens (primary N) is 1. The summed E-state index contributed by atoms with van der Waals surface area (Å²) in [7, 11) is 0. The number of nitrogens with one attached hydrogen (secondary N) is 1. The van der Waals surface area contributed by atoms with E-state index >= 15 is 0 Å². The molecule has 0 radical (unpaired) electrons. The normalized spacial score (nSPS) is 13.6. The number of amidine groups is 1. The van der Waals surface area contributed by atoms with Crippen LogP contribution in [0.15, 0.2) is 5.16 Å². The smallest absolute Gasteiger partial charge is 0.230 e. The number of carbonyl (C=O) groups excluding carboxylic acids is 1. The summed E-state index contributed by atoms with van der Waals surface area (Å²) in [6.45, 7) is 6.97. The van der Waals surface area contributed by atoms with Crippen LogP contribution in [-0.4, -0.2) is 23.5 Å². The maximum atomic E-state index is 11.8. The second-order valence-electron chi connectivity index (χ2n) is 5.37. The van der Waals surface area contributed by atoms with Crippen molar-refractivity contribution >= 4 is 11.7 Å². The van der Waals surface area contributed by atoms with Crippen LogP contribution in [0.2, 0.25) is 0 Å². The van der Waals surface area contributed by atoms with E-state index in [4.69, 9.17) is 10.9 Å². The Morgan fingerprint density at radius 2 is 1.89 bits per heavy atom. The van der Waals surface area contributed by atoms with Crippen molar-refractivity contribution in [3.63, 3.8) is 0 Å². The molecule has 0 spiro atoms. The van der Waals surface area contributed by atoms with E-state index in [1.54, 1.807) is 0 Å². The number of carbonyl (C=O) groups is 1. The lowest BCUT2D eigenvalue weighted by molar-refractivity contribution is -0.123. The van der Waals surface area contributed by atoms with Crippen LogP contribution >= 0.6 is 0 Å². The molecule has 1 amide bonds. The van der Waals surface area contributed by atoms with Gasteiger partial charge in [0.25, 0.3) is 0 Å². The van der Waals surface area contributed by atoms with Gasteiger partial charge >= 0.3 is 0 Å². The van der Waals surface area contributed by atoms with Gasteiger partial charge in [-0.2, -0.15) is 0 Å². The van der Waals surface area contributed by atoms with Crippen LogP contribution in [0.5, 0.6) is 0 Å². The van der Waals surface area contributed by atoms with Crippen molar-refractivity contribution < 1.29 is 10.0 Å². The second kappa shape index (κ2) is 10.6. The van der Waals surface area contributed by atoms with Gasteiger partial charge in [0.1, 0.15) is 0 Å². The molecule has 5 nitrogen and oxygen atoms in total. The first kappa shape index (κ1) is 17.7. The Labute approximate surface area is 116 Å². The van der Waals surface area contributed by atoms with Gasteiger partial charge in [0, 0.05) is 6.54 Å². The molecule has 1 unspecified atom stereocenters. The Morgan fingerprint density at radius 3 is 2.42 bits per heavy atom. The summed E-state index contributed by atoms with van der Waals surface area (Å²) < 4.78 is 0. The van der Waals surface area contributed by atoms with E-state index in [1.807, 2.05) is 6.92 Å². The third-order valence-electron chi connectivity index (χ3n) is 3.20. The average molecular weight is 271 g/mol. The molecule has 0 rings (SSSR count). The fraction of sp³-hybridized carbons (Fsp3) is 0.857. The van der Waals surface area contributed by atoms with E-state index in [2.05, 4.69) is 24.3 Å². The first-order chi connectivity index (χ1) is 9.02. The maximum absolute atomic E-state index is 11.8. The summed E-state index contributed by atoms with van der Waals surface area (Å²) in [6.07, 6.45) is 6.40. The number of rotatable bonds is 10. The van der Waals surface area contributed by atoms with Gasteiger partial charge in [-0.05, 0) is 18.8 Å². The van der Waals surface area contributed by atoms with E-state index in [1.165, 1.54) is 19.3 Å². The lowest BCUT2D eigenvalue weighted by atomic mass is 10.0. The van der Waals surface area contributed by atoms with Crippen LogP contribution in [0.1, 0.15) is 59.3 Å². The summed E-state index contributed by atoms with van der Waals surface area (Å²) in [6, 6.07) is 0. The molecule has 0 fully saturated rings. The molecule has 0 aromatic carbocycles. The molecule has 0 heterocycles. The molecule has 112 valence electrons. The summed E-state index contributed by atoms with van der Waals surface area (Å²) in [5, 5.41) is 14.3. The van der Waals surface area contributed by atoms with E-state index < -0.39 is 5.92 Å². The Hall–Kier alpha value is -1.26. The zero-order valence-corrected chi connectivity index (χ0v) is 12.5. The molecule has 0 aliphatic rings. The first-order valence-corrected chi connectivity index (χ1v) is 7.28. The highest BCUT2D eigenvalue weighted by Crippen LogP contribution is 2.09. The molecule has 0 saturated carbocycles. The Bertz CT molecular complexity index is 278. The van der Waals surface area contributed by atoms with E-state index in [0.29, 0.717) is 13.0 Å². The lowest BCUT2D eigenvalue weighted by Crippen LogP contribution is -2.38. The molecule has 19 heavy (non-hydrogen) atoms. The molecule has 4 N–H and O–H groups in total. The quantitative estimate of drug-likeness (QED) is 0.187. The minimum absolute atomic E-state index is 0.0167. The molecule has 5 heteroatoms. The molecular formula is C14H29N3O2. The minimum atomic E-state index is -0.522. The highest BCUT2D eigenvalue weighted by molar-refractivity contribution is 6.01. The lowest BCUT2D eigenvalue weighted by Gasteiger charge is -2.13. The largest absolute Gasteiger partial charge is 0.409 e. The maximum Gasteiger partial charge on any atom is 0.230 e. The van der Waals surface area contributed by atoms with Gasteiger partial charge in [0.05, 0.1) is 5.92 Å². The predicted molar refractivity (Wildman–Crippen MR) is 78.1 cm³/mol. The van der Waals surface area contributed by atoms with Crippen molar-refractivity contribution in [3.8, 4) is 0 Å². The van der Waals surface area contributed by atoms with Crippen molar-refractivity contribution in [2.45, 2.75) is 59.3 Å². The molecule has 0 aliphatic heterocycles. The van der Waals surface area contributed by atoms with Gasteiger partial charge in [-0.15, -0.1) is 0 Å². The second-order valence-corrected chi connectivity index (χ2v) is 5.37. The number of oxime groups is 1. The highest BCUT2D eigenvalue weighted by Gasteiger charge is 2.20. The van der Waals surface area contributed by atoms with E-state index in [9.17, 15) is 4.79 Å². The number of unbranched alkanes of at least 4 members (excludes halogenated alkanes) is 3. The van der Waals surface area contributed by atoms with Crippen LogP contribution in [-0.2, 0) is 4.79 Å². The topological polar surface area (TPSA) is 87.7 Å². The third kappa shape index (κ3) is 8.46. The van der Waals surface area contributed by atoms with Crippen LogP contribution < -0.4 is 11.1 Å². The molecule has 0 aromatic heterocycles. The van der Waals surface area contributed by atoms with Gasteiger partial charge < -0.3 is 16.3 Å². The van der Waals surface area contributed by atoms with Gasteiger partial charge in [-0.25, -0.2) is 0 Å². The minimum Gasteiger partial charge on any atom is -0.409 e. The molecule has 0 aromatic rings. The standard InChI is InChI=1S/C14H29N3O2/c1-4-12(13(15)17-19)14(18)16-10-8-6-5-7-9-11(2)3/h11-12,19H,4-10H2,1-3H3,(H2,15,17)(H,16,18).